The van der Waals surface area contributed by atoms with Gasteiger partial charge in [0, 0.05) is 16.1 Å². The Kier molecular flexibility index (Phi) is 30.2. The van der Waals surface area contributed by atoms with Crippen LogP contribution < -0.4 is 14.2 Å². The van der Waals surface area contributed by atoms with E-state index < -0.39 is 0 Å². The second kappa shape index (κ2) is 34.6. The standard InChI is InChI=1S/C9H9NO3.C8H7NO2.4C7H3Cl2NO/c1-12-7-3-4-8(10-6-11)9(5-7)13-2;1-11-8-5-3-2-4-7(8)9-6-10;8-5-1-2-7(10-4-11)6(9)3-5;8-5-1-2-6(9)7(3-5)10-4-11;8-5-2-1-3-6(7(5)9)10-4-11;8-5-2-1-3-6(9)7(5)10-4-11/h3-5H,1-2H3;2-5H,1H3;4*1-3H. The Morgan fingerprint density at radius 2 is 0.809 bits per heavy atom. The van der Waals surface area contributed by atoms with E-state index in [9.17, 15) is 28.8 Å². The number of halogens is 8. The molecule has 0 N–H and O–H groups in total. The fourth-order valence-electron chi connectivity index (χ4n) is 4.21. The van der Waals surface area contributed by atoms with E-state index in [-0.39, 0.29) is 10.7 Å². The minimum absolute atomic E-state index is 0.269. The van der Waals surface area contributed by atoms with E-state index in [4.69, 9.17) is 107 Å². The predicted molar refractivity (Wildman–Crippen MR) is 265 cm³/mol. The van der Waals surface area contributed by atoms with E-state index in [1.807, 2.05) is 6.07 Å². The van der Waals surface area contributed by atoms with Gasteiger partial charge in [0.2, 0.25) is 36.5 Å². The van der Waals surface area contributed by atoms with Crippen molar-refractivity contribution in [2.24, 2.45) is 30.0 Å². The molecule has 6 rings (SSSR count). The van der Waals surface area contributed by atoms with Crippen LogP contribution in [-0.4, -0.2) is 57.8 Å². The fourth-order valence-corrected chi connectivity index (χ4v) is 5.81. The van der Waals surface area contributed by atoms with Crippen molar-refractivity contribution >= 4 is 163 Å². The monoisotopic (exact) mass is 1080 g/mol. The highest BCUT2D eigenvalue weighted by molar-refractivity contribution is 6.43. The number of hydrogen-bond donors (Lipinski definition) is 0. The molecule has 0 bridgehead atoms. The molecule has 0 fully saturated rings. The molecule has 0 radical (unpaired) electrons. The summed E-state index contributed by atoms with van der Waals surface area (Å²) in [5.41, 5.74) is 2.28. The van der Waals surface area contributed by atoms with Gasteiger partial charge in [-0.3, -0.25) is 0 Å². The summed E-state index contributed by atoms with van der Waals surface area (Å²) < 4.78 is 14.9. The van der Waals surface area contributed by atoms with Gasteiger partial charge in [-0.15, -0.1) is 0 Å². The largest absolute Gasteiger partial charge is 0.497 e. The molecule has 0 aliphatic rings. The van der Waals surface area contributed by atoms with Crippen LogP contribution in [0.2, 0.25) is 40.2 Å². The summed E-state index contributed by atoms with van der Waals surface area (Å²) in [6.45, 7) is 0. The molecule has 0 heterocycles. The first-order valence-electron chi connectivity index (χ1n) is 17.8. The van der Waals surface area contributed by atoms with Gasteiger partial charge in [0.15, 0.2) is 0 Å². The molecule has 0 atom stereocenters. The average Bonchev–Trinajstić information content (AvgIpc) is 3.33. The Labute approximate surface area is 427 Å². The molecule has 348 valence electrons. The van der Waals surface area contributed by atoms with Crippen molar-refractivity contribution in [3.8, 4) is 17.2 Å². The zero-order chi connectivity index (χ0) is 50.9. The summed E-state index contributed by atoms with van der Waals surface area (Å²) in [6, 6.07) is 31.1. The quantitative estimate of drug-likeness (QED) is 0.0996. The number of benzene rings is 6. The molecule has 23 heteroatoms. The van der Waals surface area contributed by atoms with E-state index >= 15 is 0 Å². The van der Waals surface area contributed by atoms with Crippen molar-refractivity contribution in [1.29, 1.82) is 0 Å². The van der Waals surface area contributed by atoms with Crippen LogP contribution in [0.25, 0.3) is 0 Å². The van der Waals surface area contributed by atoms with Crippen LogP contribution >= 0.6 is 92.8 Å². The van der Waals surface area contributed by atoms with Crippen molar-refractivity contribution in [1.82, 2.24) is 0 Å². The van der Waals surface area contributed by atoms with Crippen LogP contribution in [0.5, 0.6) is 17.2 Å². The third kappa shape index (κ3) is 22.2. The maximum atomic E-state index is 10.0. The third-order valence-corrected chi connectivity index (χ3v) is 9.66. The van der Waals surface area contributed by atoms with Crippen LogP contribution in [0.1, 0.15) is 0 Å². The zero-order valence-corrected chi connectivity index (χ0v) is 40.9. The van der Waals surface area contributed by atoms with E-state index in [0.29, 0.717) is 80.8 Å². The van der Waals surface area contributed by atoms with Gasteiger partial charge in [-0.2, -0.15) is 30.0 Å². The first-order valence-corrected chi connectivity index (χ1v) is 20.8. The van der Waals surface area contributed by atoms with E-state index in [1.165, 1.54) is 62.8 Å². The molecule has 0 aliphatic heterocycles. The topological polar surface area (TPSA) is 204 Å². The Balaban J connectivity index is 0.000000408. The number of nitrogens with zero attached hydrogens (tertiary/aromatic N) is 6. The van der Waals surface area contributed by atoms with Gasteiger partial charge in [-0.05, 0) is 84.9 Å². The number of rotatable bonds is 9. The number of methoxy groups -OCH3 is 3. The summed E-state index contributed by atoms with van der Waals surface area (Å²) in [7, 11) is 4.58. The van der Waals surface area contributed by atoms with Crippen molar-refractivity contribution in [3.05, 3.63) is 155 Å². The second-order valence-corrected chi connectivity index (χ2v) is 14.5. The average molecular weight is 1080 g/mol. The number of ether oxygens (including phenoxy) is 3. The van der Waals surface area contributed by atoms with Crippen molar-refractivity contribution in [2.45, 2.75) is 0 Å². The van der Waals surface area contributed by atoms with Gasteiger partial charge < -0.3 is 14.2 Å². The summed E-state index contributed by atoms with van der Waals surface area (Å²) >= 11 is 45.1. The van der Waals surface area contributed by atoms with Crippen LogP contribution in [0.3, 0.4) is 0 Å². The van der Waals surface area contributed by atoms with Gasteiger partial charge in [0.1, 0.15) is 34.3 Å². The maximum absolute atomic E-state index is 10.0. The molecule has 68 heavy (non-hydrogen) atoms. The summed E-state index contributed by atoms with van der Waals surface area (Å²) in [5, 5.41) is 3.09. The van der Waals surface area contributed by atoms with Gasteiger partial charge >= 0.3 is 0 Å². The number of hydrogen-bond acceptors (Lipinski definition) is 15. The summed E-state index contributed by atoms with van der Waals surface area (Å²) in [4.78, 5) is 79.6. The highest BCUT2D eigenvalue weighted by Gasteiger charge is 2.05. The molecule has 0 aromatic heterocycles. The van der Waals surface area contributed by atoms with Crippen LogP contribution in [0.15, 0.2) is 145 Å². The molecule has 0 spiro atoms. The Morgan fingerprint density at radius 1 is 0.353 bits per heavy atom. The van der Waals surface area contributed by atoms with Crippen molar-refractivity contribution in [2.75, 3.05) is 21.3 Å². The lowest BCUT2D eigenvalue weighted by Crippen LogP contribution is -1.86. The summed E-state index contributed by atoms with van der Waals surface area (Å²) in [5.74, 6) is 1.72. The van der Waals surface area contributed by atoms with Crippen LogP contribution in [0, 0.1) is 0 Å². The molecule has 15 nitrogen and oxygen atoms in total. The molecule has 6 aromatic carbocycles. The van der Waals surface area contributed by atoms with E-state index in [0.717, 1.165) is 0 Å². The number of para-hydroxylation sites is 3. The zero-order valence-electron chi connectivity index (χ0n) is 34.9. The van der Waals surface area contributed by atoms with Crippen molar-refractivity contribution in [3.63, 3.8) is 0 Å². The normalized spacial score (nSPS) is 8.81. The molecular formula is C45H28Cl8N6O9. The Hall–Kier alpha value is -6.68. The molecule has 6 aromatic rings. The van der Waals surface area contributed by atoms with Gasteiger partial charge in [-0.1, -0.05) is 117 Å². The molecule has 0 unspecified atom stereocenters. The first kappa shape index (κ1) is 59.3. The fraction of sp³-hybridized carbons (Fsp3) is 0.0667. The van der Waals surface area contributed by atoms with Crippen LogP contribution in [-0.2, 0) is 28.8 Å². The van der Waals surface area contributed by atoms with Gasteiger partial charge in [0.05, 0.1) is 68.5 Å². The summed E-state index contributed by atoms with van der Waals surface area (Å²) in [6.07, 6.45) is 8.44. The first-order chi connectivity index (χ1) is 32.7. The Morgan fingerprint density at radius 3 is 1.37 bits per heavy atom. The Bertz CT molecular complexity index is 2890. The SMILES string of the molecule is COc1ccc(N=C=O)c(OC)c1.COc1ccccc1N=C=O.O=C=Nc1c(Cl)cccc1Cl.O=C=Nc1cc(Cl)ccc1Cl.O=C=Nc1ccc(Cl)cc1Cl.O=C=Nc1cccc(Cl)c1Cl. The lowest BCUT2D eigenvalue weighted by atomic mass is 10.3. The number of carbonyl (C=O) groups excluding carboxylic acids is 6. The highest BCUT2D eigenvalue weighted by atomic mass is 35.5. The lowest BCUT2D eigenvalue weighted by molar-refractivity contribution is 0.395. The van der Waals surface area contributed by atoms with Gasteiger partial charge in [0.25, 0.3) is 0 Å². The molecular weight excluding hydrogens is 1050 g/mol. The minimum Gasteiger partial charge on any atom is -0.497 e. The van der Waals surface area contributed by atoms with E-state index in [1.54, 1.807) is 104 Å². The highest BCUT2D eigenvalue weighted by Crippen LogP contribution is 2.34. The number of aliphatic imine (C=N–C) groups is 6. The second-order valence-electron chi connectivity index (χ2n) is 11.3. The van der Waals surface area contributed by atoms with Crippen LogP contribution in [0.4, 0.5) is 34.1 Å². The third-order valence-electron chi connectivity index (χ3n) is 7.15. The van der Waals surface area contributed by atoms with Gasteiger partial charge in [-0.25, -0.2) is 28.8 Å². The molecule has 0 amide bonds. The maximum Gasteiger partial charge on any atom is 0.240 e. The smallest absolute Gasteiger partial charge is 0.240 e. The lowest BCUT2D eigenvalue weighted by Gasteiger charge is -2.05. The minimum atomic E-state index is 0.269. The predicted octanol–water partition coefficient (Wildman–Crippen LogP) is 15.2. The van der Waals surface area contributed by atoms with Crippen molar-refractivity contribution < 1.29 is 43.0 Å². The van der Waals surface area contributed by atoms with E-state index in [2.05, 4.69) is 30.0 Å². The molecule has 0 saturated heterocycles. The molecule has 0 saturated carbocycles. The number of isocyanates is 6. The molecule has 0 aliphatic carbocycles.